The molecule has 0 bridgehead atoms. The zero-order valence-corrected chi connectivity index (χ0v) is 8.87. The Morgan fingerprint density at radius 2 is 1.77 bits per heavy atom. The molecule has 1 aromatic carbocycles. The molecule has 0 aliphatic rings. The van der Waals surface area contributed by atoms with Crippen LogP contribution >= 0.6 is 0 Å². The molecule has 73 valence electrons. The van der Waals surface area contributed by atoms with Gasteiger partial charge in [0, 0.05) is 26.4 Å². The number of rotatable bonds is 1. The van der Waals surface area contributed by atoms with Gasteiger partial charge < -0.3 is 5.11 Å². The van der Waals surface area contributed by atoms with Gasteiger partial charge in [-0.1, -0.05) is 18.2 Å². The third-order valence-electron chi connectivity index (χ3n) is 0.992. The van der Waals surface area contributed by atoms with Gasteiger partial charge in [0.15, 0.2) is 0 Å². The molecule has 0 fully saturated rings. The number of aliphatic carboxylic acids is 1. The smallest absolute Gasteiger partial charge is 0.300 e. The number of carbonyl (C=O) groups is 1. The van der Waals surface area contributed by atoms with E-state index in [9.17, 15) is 0 Å². The van der Waals surface area contributed by atoms with Gasteiger partial charge in [0.05, 0.1) is 0 Å². The Balaban J connectivity index is 0. The zero-order chi connectivity index (χ0) is 9.40. The molecule has 0 aliphatic carbocycles. The summed E-state index contributed by atoms with van der Waals surface area (Å²) in [4.78, 5) is 9.00. The summed E-state index contributed by atoms with van der Waals surface area (Å²) >= 11 is 0. The van der Waals surface area contributed by atoms with E-state index in [1.54, 1.807) is 6.08 Å². The van der Waals surface area contributed by atoms with Crippen LogP contribution in [0.15, 0.2) is 30.3 Å². The molecule has 3 heteroatoms. The van der Waals surface area contributed by atoms with Crippen LogP contribution in [-0.2, 0) is 24.3 Å². The number of hydrogen-bond donors (Lipinski definition) is 1. The summed E-state index contributed by atoms with van der Waals surface area (Å²) in [6.45, 7) is 6.31. The molecular formula is C10H11O2Rh-. The first-order valence-electron chi connectivity index (χ1n) is 3.46. The van der Waals surface area contributed by atoms with Crippen molar-refractivity contribution < 1.29 is 29.4 Å². The molecule has 0 aliphatic heterocycles. The van der Waals surface area contributed by atoms with Crippen LogP contribution in [0.4, 0.5) is 0 Å². The van der Waals surface area contributed by atoms with Gasteiger partial charge in [0.1, 0.15) is 0 Å². The van der Waals surface area contributed by atoms with Gasteiger partial charge in [-0.2, -0.15) is 5.56 Å². The van der Waals surface area contributed by atoms with Gasteiger partial charge in [0.25, 0.3) is 5.97 Å². The SMILES string of the molecule is CC(=O)O.[CH-]=Cc1ccccc1.[Rh]. The standard InChI is InChI=1S/C8H7.C2H4O2.Rh/c1-2-8-6-4-3-5-7-8;1-2(3)4;/h1-7H;1H3,(H,3,4);/q-1;;. The van der Waals surface area contributed by atoms with Crippen molar-refractivity contribution in [2.24, 2.45) is 0 Å². The summed E-state index contributed by atoms with van der Waals surface area (Å²) in [6.07, 6.45) is 1.58. The monoisotopic (exact) mass is 266 g/mol. The molecule has 1 rings (SSSR count). The first kappa shape index (κ1) is 14.6. The molecule has 0 saturated heterocycles. The summed E-state index contributed by atoms with van der Waals surface area (Å²) in [6, 6.07) is 9.80. The quantitative estimate of drug-likeness (QED) is 0.625. The van der Waals surface area contributed by atoms with Crippen molar-refractivity contribution in [1.29, 1.82) is 0 Å². The van der Waals surface area contributed by atoms with Crippen molar-refractivity contribution in [2.45, 2.75) is 6.92 Å². The minimum Gasteiger partial charge on any atom is -0.481 e. The molecule has 1 aromatic rings. The van der Waals surface area contributed by atoms with Crippen LogP contribution in [0.5, 0.6) is 0 Å². The molecule has 13 heavy (non-hydrogen) atoms. The van der Waals surface area contributed by atoms with Gasteiger partial charge in [-0.3, -0.25) is 11.4 Å². The Morgan fingerprint density at radius 1 is 1.38 bits per heavy atom. The summed E-state index contributed by atoms with van der Waals surface area (Å²) < 4.78 is 0. The number of hydrogen-bond acceptors (Lipinski definition) is 1. The van der Waals surface area contributed by atoms with E-state index in [1.165, 1.54) is 0 Å². The van der Waals surface area contributed by atoms with Crippen molar-refractivity contribution in [2.75, 3.05) is 0 Å². The van der Waals surface area contributed by atoms with Gasteiger partial charge in [-0.05, 0) is 0 Å². The molecule has 0 atom stereocenters. The average Bonchev–Trinajstić information content (AvgIpc) is 2.05. The van der Waals surface area contributed by atoms with Gasteiger partial charge in [-0.15, -0.1) is 12.1 Å². The number of benzene rings is 1. The Bertz CT molecular complexity index is 240. The third kappa shape index (κ3) is 11.1. The van der Waals surface area contributed by atoms with Crippen LogP contribution in [0.3, 0.4) is 0 Å². The third-order valence-corrected chi connectivity index (χ3v) is 0.992. The van der Waals surface area contributed by atoms with E-state index >= 15 is 0 Å². The molecule has 2 nitrogen and oxygen atoms in total. The average molecular weight is 266 g/mol. The second-order valence-electron chi connectivity index (χ2n) is 2.10. The Morgan fingerprint density at radius 3 is 2.00 bits per heavy atom. The van der Waals surface area contributed by atoms with Crippen LogP contribution in [0.25, 0.3) is 6.08 Å². The zero-order valence-electron chi connectivity index (χ0n) is 7.23. The summed E-state index contributed by atoms with van der Waals surface area (Å²) in [5.41, 5.74) is 1.06. The maximum atomic E-state index is 9.00. The fourth-order valence-electron chi connectivity index (χ4n) is 0.564. The van der Waals surface area contributed by atoms with E-state index in [4.69, 9.17) is 16.5 Å². The van der Waals surface area contributed by atoms with Crippen LogP contribution in [0.2, 0.25) is 0 Å². The molecule has 0 amide bonds. The number of carboxylic acid groups (broad SMARTS) is 1. The van der Waals surface area contributed by atoms with E-state index in [0.29, 0.717) is 0 Å². The molecule has 0 aromatic heterocycles. The molecule has 0 saturated carbocycles. The molecular weight excluding hydrogens is 255 g/mol. The maximum absolute atomic E-state index is 9.00. The van der Waals surface area contributed by atoms with Crippen LogP contribution < -0.4 is 0 Å². The first-order valence-corrected chi connectivity index (χ1v) is 3.46. The van der Waals surface area contributed by atoms with Crippen molar-refractivity contribution >= 4 is 12.0 Å². The molecule has 0 heterocycles. The van der Waals surface area contributed by atoms with Crippen LogP contribution in [0.1, 0.15) is 12.5 Å². The molecule has 0 spiro atoms. The van der Waals surface area contributed by atoms with Crippen molar-refractivity contribution in [3.63, 3.8) is 0 Å². The predicted octanol–water partition coefficient (Wildman–Crippen LogP) is 2.22. The first-order chi connectivity index (χ1) is 5.66. The second-order valence-corrected chi connectivity index (χ2v) is 2.10. The van der Waals surface area contributed by atoms with Gasteiger partial charge in [-0.25, -0.2) is 6.08 Å². The van der Waals surface area contributed by atoms with Crippen molar-refractivity contribution in [3.05, 3.63) is 42.5 Å². The number of carboxylic acids is 1. The largest absolute Gasteiger partial charge is 0.481 e. The van der Waals surface area contributed by atoms with Crippen LogP contribution in [-0.4, -0.2) is 11.1 Å². The normalized spacial score (nSPS) is 7.15. The summed E-state index contributed by atoms with van der Waals surface area (Å²) in [5, 5.41) is 7.42. The Kier molecular flexibility index (Phi) is 10.2. The van der Waals surface area contributed by atoms with E-state index in [-0.39, 0.29) is 19.5 Å². The predicted molar refractivity (Wildman–Crippen MR) is 48.5 cm³/mol. The van der Waals surface area contributed by atoms with E-state index < -0.39 is 5.97 Å². The minimum absolute atomic E-state index is 0. The van der Waals surface area contributed by atoms with Crippen molar-refractivity contribution in [1.82, 2.24) is 0 Å². The molecule has 1 N–H and O–H groups in total. The van der Waals surface area contributed by atoms with Crippen LogP contribution in [0, 0.1) is 6.58 Å². The molecule has 1 radical (unpaired) electrons. The van der Waals surface area contributed by atoms with E-state index in [1.807, 2.05) is 30.3 Å². The fraction of sp³-hybridized carbons (Fsp3) is 0.100. The minimum atomic E-state index is -0.833. The Hall–Kier alpha value is -0.947. The topological polar surface area (TPSA) is 37.3 Å². The van der Waals surface area contributed by atoms with E-state index in [2.05, 4.69) is 0 Å². The van der Waals surface area contributed by atoms with Gasteiger partial charge >= 0.3 is 0 Å². The Labute approximate surface area is 91.0 Å². The summed E-state index contributed by atoms with van der Waals surface area (Å²) in [5.74, 6) is -0.833. The molecule has 0 unspecified atom stereocenters. The second kappa shape index (κ2) is 9.14. The fourth-order valence-corrected chi connectivity index (χ4v) is 0.564. The van der Waals surface area contributed by atoms with Crippen molar-refractivity contribution in [3.8, 4) is 0 Å². The summed E-state index contributed by atoms with van der Waals surface area (Å²) in [7, 11) is 0. The van der Waals surface area contributed by atoms with Gasteiger partial charge in [0.2, 0.25) is 0 Å². The van der Waals surface area contributed by atoms with E-state index in [0.717, 1.165) is 12.5 Å². The maximum Gasteiger partial charge on any atom is 0.300 e.